The molecule has 0 aliphatic carbocycles. The van der Waals surface area contributed by atoms with Gasteiger partial charge in [-0.25, -0.2) is 8.78 Å². The highest BCUT2D eigenvalue weighted by Gasteiger charge is 2.27. The molecule has 4 rings (SSSR count). The van der Waals surface area contributed by atoms with E-state index >= 15 is 0 Å². The molecule has 148 valence electrons. The zero-order valence-electron chi connectivity index (χ0n) is 15.8. The number of hydrogen-bond donors (Lipinski definition) is 1. The normalized spacial score (nSPS) is 17.0. The zero-order chi connectivity index (χ0) is 20.2. The Morgan fingerprint density at radius 1 is 1.14 bits per heavy atom. The van der Waals surface area contributed by atoms with E-state index in [1.165, 1.54) is 6.07 Å². The van der Waals surface area contributed by atoms with Crippen LogP contribution in [0.4, 0.5) is 8.78 Å². The number of aromatic amines is 1. The van der Waals surface area contributed by atoms with Gasteiger partial charge in [0.15, 0.2) is 11.6 Å². The Morgan fingerprint density at radius 3 is 2.76 bits per heavy atom. The van der Waals surface area contributed by atoms with Crippen LogP contribution < -0.4 is 0 Å². The molecule has 0 radical (unpaired) electrons. The second-order valence-electron chi connectivity index (χ2n) is 7.19. The van der Waals surface area contributed by atoms with E-state index in [0.29, 0.717) is 18.7 Å². The van der Waals surface area contributed by atoms with Crippen molar-refractivity contribution in [3.05, 3.63) is 83.7 Å². The summed E-state index contributed by atoms with van der Waals surface area (Å²) in [5.74, 6) is -1.74. The molecule has 1 saturated heterocycles. The Balaban J connectivity index is 1.51. The summed E-state index contributed by atoms with van der Waals surface area (Å²) in [5, 5.41) is 7.12. The van der Waals surface area contributed by atoms with Crippen molar-refractivity contribution in [3.8, 4) is 11.1 Å². The van der Waals surface area contributed by atoms with Gasteiger partial charge in [-0.1, -0.05) is 36.4 Å². The Labute approximate surface area is 167 Å². The van der Waals surface area contributed by atoms with Gasteiger partial charge in [0, 0.05) is 36.3 Å². The maximum absolute atomic E-state index is 13.7. The van der Waals surface area contributed by atoms with E-state index < -0.39 is 11.6 Å². The Kier molecular flexibility index (Phi) is 5.51. The van der Waals surface area contributed by atoms with Crippen LogP contribution in [0.1, 0.15) is 30.0 Å². The number of halogens is 2. The molecule has 29 heavy (non-hydrogen) atoms. The average Bonchev–Trinajstić information content (AvgIpc) is 3.25. The number of nitrogens with zero attached hydrogens (tertiary/aromatic N) is 2. The van der Waals surface area contributed by atoms with Gasteiger partial charge in [0.2, 0.25) is 5.91 Å². The van der Waals surface area contributed by atoms with E-state index in [1.807, 2.05) is 41.3 Å². The summed E-state index contributed by atoms with van der Waals surface area (Å²) >= 11 is 0. The number of carbonyl (C=O) groups is 1. The predicted molar refractivity (Wildman–Crippen MR) is 108 cm³/mol. The van der Waals surface area contributed by atoms with E-state index in [1.54, 1.807) is 18.3 Å². The SMILES string of the molecule is O=C(/C=C/c1ccccc1)N1CCC[C@@H](c2[nH]ncc2-c2ccc(F)c(F)c2)C1. The highest BCUT2D eigenvalue weighted by Crippen LogP contribution is 2.33. The summed E-state index contributed by atoms with van der Waals surface area (Å²) in [7, 11) is 0. The van der Waals surface area contributed by atoms with Crippen LogP contribution in [0.25, 0.3) is 17.2 Å². The summed E-state index contributed by atoms with van der Waals surface area (Å²) in [6.07, 6.45) is 6.80. The number of aromatic nitrogens is 2. The molecule has 4 nitrogen and oxygen atoms in total. The second kappa shape index (κ2) is 8.39. The quantitative estimate of drug-likeness (QED) is 0.649. The summed E-state index contributed by atoms with van der Waals surface area (Å²) in [6, 6.07) is 13.5. The molecule has 3 aromatic rings. The van der Waals surface area contributed by atoms with Crippen LogP contribution in [-0.2, 0) is 4.79 Å². The first-order chi connectivity index (χ1) is 14.1. The summed E-state index contributed by atoms with van der Waals surface area (Å²) < 4.78 is 27.0. The summed E-state index contributed by atoms with van der Waals surface area (Å²) in [5.41, 5.74) is 3.13. The molecule has 1 atom stereocenters. The number of piperidine rings is 1. The molecule has 1 aliphatic heterocycles. The van der Waals surface area contributed by atoms with Crippen molar-refractivity contribution in [2.45, 2.75) is 18.8 Å². The second-order valence-corrected chi connectivity index (χ2v) is 7.19. The molecule has 2 heterocycles. The lowest BCUT2D eigenvalue weighted by molar-refractivity contribution is -0.127. The average molecular weight is 393 g/mol. The third-order valence-corrected chi connectivity index (χ3v) is 5.26. The van der Waals surface area contributed by atoms with Gasteiger partial charge in [0.1, 0.15) is 0 Å². The number of nitrogens with one attached hydrogen (secondary N) is 1. The molecule has 6 heteroatoms. The van der Waals surface area contributed by atoms with Crippen LogP contribution >= 0.6 is 0 Å². The molecular formula is C23H21F2N3O. The first kappa shape index (κ1) is 19.1. The molecule has 1 aliphatic rings. The number of benzene rings is 2. The maximum Gasteiger partial charge on any atom is 0.246 e. The van der Waals surface area contributed by atoms with Crippen molar-refractivity contribution < 1.29 is 13.6 Å². The molecule has 0 bridgehead atoms. The van der Waals surface area contributed by atoms with Crippen molar-refractivity contribution >= 4 is 12.0 Å². The van der Waals surface area contributed by atoms with Gasteiger partial charge in [0.05, 0.1) is 6.20 Å². The summed E-state index contributed by atoms with van der Waals surface area (Å²) in [4.78, 5) is 14.5. The molecular weight excluding hydrogens is 372 g/mol. The van der Waals surface area contributed by atoms with Crippen molar-refractivity contribution in [1.29, 1.82) is 0 Å². The Hall–Kier alpha value is -3.28. The van der Waals surface area contributed by atoms with Crippen LogP contribution in [-0.4, -0.2) is 34.1 Å². The van der Waals surface area contributed by atoms with Crippen molar-refractivity contribution in [1.82, 2.24) is 15.1 Å². The molecule has 0 saturated carbocycles. The van der Waals surface area contributed by atoms with Crippen molar-refractivity contribution in [2.75, 3.05) is 13.1 Å². The third kappa shape index (κ3) is 4.26. The lowest BCUT2D eigenvalue weighted by atomic mass is 9.90. The largest absolute Gasteiger partial charge is 0.338 e. The smallest absolute Gasteiger partial charge is 0.246 e. The minimum absolute atomic E-state index is 0.0348. The van der Waals surface area contributed by atoms with E-state index in [0.717, 1.165) is 35.7 Å². The maximum atomic E-state index is 13.7. The molecule has 0 spiro atoms. The molecule has 0 unspecified atom stereocenters. The fourth-order valence-corrected chi connectivity index (χ4v) is 3.75. The number of H-pyrrole nitrogens is 1. The first-order valence-electron chi connectivity index (χ1n) is 9.62. The van der Waals surface area contributed by atoms with Crippen LogP contribution in [0.5, 0.6) is 0 Å². The van der Waals surface area contributed by atoms with Crippen LogP contribution in [0.2, 0.25) is 0 Å². The number of likely N-dealkylation sites (tertiary alicyclic amines) is 1. The monoisotopic (exact) mass is 393 g/mol. The lowest BCUT2D eigenvalue weighted by Crippen LogP contribution is -2.38. The van der Waals surface area contributed by atoms with E-state index in [9.17, 15) is 13.6 Å². The Morgan fingerprint density at radius 2 is 1.97 bits per heavy atom. The van der Waals surface area contributed by atoms with Crippen LogP contribution in [0.3, 0.4) is 0 Å². The van der Waals surface area contributed by atoms with Gasteiger partial charge in [-0.3, -0.25) is 9.89 Å². The van der Waals surface area contributed by atoms with E-state index in [2.05, 4.69) is 10.2 Å². The van der Waals surface area contributed by atoms with Gasteiger partial charge in [0.25, 0.3) is 0 Å². The number of rotatable bonds is 4. The minimum Gasteiger partial charge on any atom is -0.338 e. The fraction of sp³-hybridized carbons (Fsp3) is 0.217. The highest BCUT2D eigenvalue weighted by atomic mass is 19.2. The highest BCUT2D eigenvalue weighted by molar-refractivity contribution is 5.91. The molecule has 1 N–H and O–H groups in total. The topological polar surface area (TPSA) is 49.0 Å². The molecule has 1 aromatic heterocycles. The summed E-state index contributed by atoms with van der Waals surface area (Å²) in [6.45, 7) is 1.25. The van der Waals surface area contributed by atoms with Gasteiger partial charge in [-0.2, -0.15) is 5.10 Å². The van der Waals surface area contributed by atoms with E-state index in [4.69, 9.17) is 0 Å². The Bertz CT molecular complexity index is 1030. The van der Waals surface area contributed by atoms with Crippen molar-refractivity contribution in [3.63, 3.8) is 0 Å². The number of amides is 1. The van der Waals surface area contributed by atoms with Crippen LogP contribution in [0, 0.1) is 11.6 Å². The first-order valence-corrected chi connectivity index (χ1v) is 9.62. The molecule has 2 aromatic carbocycles. The van der Waals surface area contributed by atoms with Gasteiger partial charge >= 0.3 is 0 Å². The number of carbonyl (C=O) groups excluding carboxylic acids is 1. The lowest BCUT2D eigenvalue weighted by Gasteiger charge is -2.32. The molecule has 1 amide bonds. The van der Waals surface area contributed by atoms with Crippen molar-refractivity contribution in [2.24, 2.45) is 0 Å². The van der Waals surface area contributed by atoms with Gasteiger partial charge in [-0.05, 0) is 42.2 Å². The standard InChI is InChI=1S/C23H21F2N3O/c24-20-10-9-17(13-21(20)25)19-14-26-27-23(19)18-7-4-12-28(15-18)22(29)11-8-16-5-2-1-3-6-16/h1-3,5-6,8-11,13-14,18H,4,7,12,15H2,(H,26,27)/b11-8+/t18-/m1/s1. The van der Waals surface area contributed by atoms with Gasteiger partial charge in [-0.15, -0.1) is 0 Å². The van der Waals surface area contributed by atoms with Gasteiger partial charge < -0.3 is 4.90 Å². The minimum atomic E-state index is -0.888. The molecule has 1 fully saturated rings. The van der Waals surface area contributed by atoms with Crippen LogP contribution in [0.15, 0.2) is 60.8 Å². The zero-order valence-corrected chi connectivity index (χ0v) is 15.8. The number of hydrogen-bond acceptors (Lipinski definition) is 2. The fourth-order valence-electron chi connectivity index (χ4n) is 3.75. The van der Waals surface area contributed by atoms with E-state index in [-0.39, 0.29) is 11.8 Å². The third-order valence-electron chi connectivity index (χ3n) is 5.26. The predicted octanol–water partition coefficient (Wildman–Crippen LogP) is 4.77.